The van der Waals surface area contributed by atoms with Crippen LogP contribution in [0.2, 0.25) is 0 Å². The van der Waals surface area contributed by atoms with Crippen molar-refractivity contribution in [3.8, 4) is 0 Å². The number of nitrogens with zero attached hydrogens (tertiary/aromatic N) is 2. The number of carbonyl (C=O) groups is 1. The number of hydrogen-bond acceptors (Lipinski definition) is 3. The van der Waals surface area contributed by atoms with Gasteiger partial charge in [0.05, 0.1) is 6.10 Å². The van der Waals surface area contributed by atoms with E-state index in [9.17, 15) is 9.59 Å². The number of aromatic nitrogens is 1. The number of ether oxygens (including phenoxy) is 1. The van der Waals surface area contributed by atoms with Crippen LogP contribution in [0.4, 0.5) is 0 Å². The zero-order valence-corrected chi connectivity index (χ0v) is 13.8. The highest BCUT2D eigenvalue weighted by Gasteiger charge is 2.19. The van der Waals surface area contributed by atoms with Crippen molar-refractivity contribution < 1.29 is 9.53 Å². The van der Waals surface area contributed by atoms with Crippen molar-refractivity contribution in [2.45, 2.75) is 52.7 Å². The first kappa shape index (κ1) is 16.7. The van der Waals surface area contributed by atoms with Gasteiger partial charge in [-0.2, -0.15) is 0 Å². The van der Waals surface area contributed by atoms with E-state index in [4.69, 9.17) is 4.74 Å². The predicted octanol–water partition coefficient (Wildman–Crippen LogP) is 1.88. The second kappa shape index (κ2) is 7.58. The molecule has 0 N–H and O–H groups in total. The summed E-state index contributed by atoms with van der Waals surface area (Å²) >= 11 is 0. The quantitative estimate of drug-likeness (QED) is 0.853. The Bertz CT molecular complexity index is 554. The minimum atomic E-state index is 0.0425. The van der Waals surface area contributed by atoms with Crippen molar-refractivity contribution in [3.63, 3.8) is 0 Å². The van der Waals surface area contributed by atoms with Crippen LogP contribution in [0.3, 0.4) is 0 Å². The topological polar surface area (TPSA) is 51.5 Å². The van der Waals surface area contributed by atoms with Gasteiger partial charge in [-0.25, -0.2) is 0 Å². The number of aryl methyl sites for hydroxylation is 2. The highest BCUT2D eigenvalue weighted by atomic mass is 16.5. The number of amides is 1. The van der Waals surface area contributed by atoms with Crippen LogP contribution in [0, 0.1) is 13.8 Å². The van der Waals surface area contributed by atoms with Gasteiger partial charge in [0.2, 0.25) is 5.91 Å². The third kappa shape index (κ3) is 4.44. The molecule has 1 unspecified atom stereocenters. The Hall–Kier alpha value is -1.62. The molecule has 5 nitrogen and oxygen atoms in total. The maximum Gasteiger partial charge on any atom is 0.222 e. The molecule has 1 fully saturated rings. The van der Waals surface area contributed by atoms with Crippen LogP contribution in [0.25, 0.3) is 0 Å². The highest BCUT2D eigenvalue weighted by Crippen LogP contribution is 2.10. The summed E-state index contributed by atoms with van der Waals surface area (Å²) in [7, 11) is 0. The molecule has 1 aromatic heterocycles. The van der Waals surface area contributed by atoms with E-state index < -0.39 is 0 Å². The Balaban J connectivity index is 1.88. The molecule has 1 atom stereocenters. The van der Waals surface area contributed by atoms with E-state index in [2.05, 4.69) is 4.57 Å². The largest absolute Gasteiger partial charge is 0.377 e. The molecule has 0 aromatic carbocycles. The first-order valence-corrected chi connectivity index (χ1v) is 8.05. The normalized spacial score (nSPS) is 19.0. The summed E-state index contributed by atoms with van der Waals surface area (Å²) in [5.41, 5.74) is 1.95. The van der Waals surface area contributed by atoms with Gasteiger partial charge in [-0.3, -0.25) is 9.59 Å². The van der Waals surface area contributed by atoms with Gasteiger partial charge in [-0.15, -0.1) is 0 Å². The maximum absolute atomic E-state index is 12.3. The molecule has 22 heavy (non-hydrogen) atoms. The number of pyridine rings is 1. The van der Waals surface area contributed by atoms with Gasteiger partial charge in [0.1, 0.15) is 0 Å². The van der Waals surface area contributed by atoms with Crippen LogP contribution in [-0.4, -0.2) is 41.2 Å². The smallest absolute Gasteiger partial charge is 0.222 e. The minimum Gasteiger partial charge on any atom is -0.377 e. The first-order valence-electron chi connectivity index (χ1n) is 8.05. The molecule has 0 radical (unpaired) electrons. The molecular formula is C17H26N2O3. The molecule has 1 aliphatic heterocycles. The Kier molecular flexibility index (Phi) is 5.77. The fourth-order valence-corrected chi connectivity index (χ4v) is 3.01. The van der Waals surface area contributed by atoms with Crippen molar-refractivity contribution in [1.29, 1.82) is 0 Å². The van der Waals surface area contributed by atoms with Crippen molar-refractivity contribution >= 4 is 5.91 Å². The summed E-state index contributed by atoms with van der Waals surface area (Å²) in [5, 5.41) is 0. The lowest BCUT2D eigenvalue weighted by atomic mass is 10.2. The lowest BCUT2D eigenvalue weighted by Gasteiger charge is -2.22. The fourth-order valence-electron chi connectivity index (χ4n) is 3.01. The van der Waals surface area contributed by atoms with Gasteiger partial charge < -0.3 is 14.2 Å². The number of rotatable bonds is 4. The number of hydrogen-bond donors (Lipinski definition) is 0. The first-order chi connectivity index (χ1) is 10.5. The molecular weight excluding hydrogens is 280 g/mol. The third-order valence-electron chi connectivity index (χ3n) is 4.13. The Morgan fingerprint density at radius 2 is 2.00 bits per heavy atom. The van der Waals surface area contributed by atoms with Gasteiger partial charge >= 0.3 is 0 Å². The van der Waals surface area contributed by atoms with Crippen molar-refractivity contribution in [3.05, 3.63) is 33.7 Å². The Morgan fingerprint density at radius 3 is 2.68 bits per heavy atom. The second-order valence-corrected chi connectivity index (χ2v) is 6.10. The molecule has 2 rings (SSSR count). The summed E-state index contributed by atoms with van der Waals surface area (Å²) in [6.45, 7) is 8.87. The van der Waals surface area contributed by atoms with Crippen LogP contribution in [0.5, 0.6) is 0 Å². The fraction of sp³-hybridized carbons (Fsp3) is 0.647. The lowest BCUT2D eigenvalue weighted by Crippen LogP contribution is -2.35. The van der Waals surface area contributed by atoms with Gasteiger partial charge in [0.25, 0.3) is 0 Å². The van der Waals surface area contributed by atoms with E-state index in [0.717, 1.165) is 43.9 Å². The number of carbonyl (C=O) groups excluding carboxylic acids is 1. The van der Waals surface area contributed by atoms with E-state index in [1.165, 1.54) is 0 Å². The van der Waals surface area contributed by atoms with Crippen molar-refractivity contribution in [1.82, 2.24) is 9.47 Å². The summed E-state index contributed by atoms with van der Waals surface area (Å²) in [6.07, 6.45) is 2.36. The second-order valence-electron chi connectivity index (χ2n) is 6.10. The summed E-state index contributed by atoms with van der Waals surface area (Å²) in [6, 6.07) is 3.28. The Labute approximate surface area is 131 Å². The summed E-state index contributed by atoms with van der Waals surface area (Å²) in [4.78, 5) is 25.7. The van der Waals surface area contributed by atoms with E-state index in [1.54, 1.807) is 12.1 Å². The average Bonchev–Trinajstić information content (AvgIpc) is 2.66. The van der Waals surface area contributed by atoms with Crippen molar-refractivity contribution in [2.24, 2.45) is 0 Å². The van der Waals surface area contributed by atoms with Crippen LogP contribution >= 0.6 is 0 Å². The van der Waals surface area contributed by atoms with Crippen molar-refractivity contribution in [2.75, 3.05) is 19.7 Å². The van der Waals surface area contributed by atoms with Gasteiger partial charge in [0, 0.05) is 56.2 Å². The Morgan fingerprint density at radius 1 is 1.32 bits per heavy atom. The molecule has 0 saturated carbocycles. The molecule has 1 aliphatic rings. The minimum absolute atomic E-state index is 0.0425. The standard InChI is InChI=1S/C17H26N2O3/c1-13-10-16(20)11-14(2)19(13)8-4-6-17(21)18-7-5-9-22-15(3)12-18/h10-11,15H,4-9,12H2,1-3H3. The molecule has 1 aromatic rings. The van der Waals surface area contributed by atoms with Gasteiger partial charge in [0.15, 0.2) is 5.43 Å². The van der Waals surface area contributed by atoms with Crippen LogP contribution in [0.1, 0.15) is 37.6 Å². The molecule has 122 valence electrons. The zero-order chi connectivity index (χ0) is 16.1. The molecule has 1 amide bonds. The van der Waals surface area contributed by atoms with Gasteiger partial charge in [-0.1, -0.05) is 0 Å². The monoisotopic (exact) mass is 306 g/mol. The predicted molar refractivity (Wildman–Crippen MR) is 86.0 cm³/mol. The van der Waals surface area contributed by atoms with Crippen LogP contribution in [0.15, 0.2) is 16.9 Å². The molecule has 0 aliphatic carbocycles. The molecule has 5 heteroatoms. The average molecular weight is 306 g/mol. The van der Waals surface area contributed by atoms with E-state index >= 15 is 0 Å². The summed E-state index contributed by atoms with van der Waals surface area (Å²) < 4.78 is 7.67. The molecule has 0 spiro atoms. The zero-order valence-electron chi connectivity index (χ0n) is 13.8. The van der Waals surface area contributed by atoms with E-state index in [1.807, 2.05) is 25.7 Å². The third-order valence-corrected chi connectivity index (χ3v) is 4.13. The maximum atomic E-state index is 12.3. The molecule has 0 bridgehead atoms. The van der Waals surface area contributed by atoms with E-state index in [0.29, 0.717) is 13.0 Å². The van der Waals surface area contributed by atoms with Gasteiger partial charge in [-0.05, 0) is 33.6 Å². The summed E-state index contributed by atoms with van der Waals surface area (Å²) in [5.74, 6) is 0.203. The lowest BCUT2D eigenvalue weighted by molar-refractivity contribution is -0.132. The SMILES string of the molecule is Cc1cc(=O)cc(C)n1CCCC(=O)N1CCCOC(C)C1. The molecule has 1 saturated heterocycles. The highest BCUT2D eigenvalue weighted by molar-refractivity contribution is 5.76. The van der Waals surface area contributed by atoms with Crippen LogP contribution in [-0.2, 0) is 16.1 Å². The van der Waals surface area contributed by atoms with E-state index in [-0.39, 0.29) is 17.4 Å². The molecule has 2 heterocycles. The van der Waals surface area contributed by atoms with Crippen LogP contribution < -0.4 is 5.43 Å².